The van der Waals surface area contributed by atoms with Crippen LogP contribution >= 0.6 is 0 Å². The van der Waals surface area contributed by atoms with Crippen LogP contribution in [0.5, 0.6) is 0 Å². The minimum absolute atomic E-state index is 0.0972. The molecule has 0 unspecified atom stereocenters. The third kappa shape index (κ3) is 5.20. The molecule has 0 saturated heterocycles. The quantitative estimate of drug-likeness (QED) is 0.636. The van der Waals surface area contributed by atoms with E-state index >= 15 is 0 Å². The first kappa shape index (κ1) is 17.7. The van der Waals surface area contributed by atoms with Crippen molar-refractivity contribution in [3.05, 3.63) is 60.2 Å². The minimum Gasteiger partial charge on any atom is -0.861 e. The summed E-state index contributed by atoms with van der Waals surface area (Å²) in [4.78, 5) is 11.8. The molecule has 6 nitrogen and oxygen atoms in total. The van der Waals surface area contributed by atoms with Gasteiger partial charge >= 0.3 is 0 Å². The average molecular weight is 345 g/mol. The monoisotopic (exact) mass is 345 g/mol. The van der Waals surface area contributed by atoms with Crippen LogP contribution < -0.4 is 10.4 Å². The fraction of sp³-hybridized carbons (Fsp3) is 0.176. The molecule has 7 heteroatoms. The summed E-state index contributed by atoms with van der Waals surface area (Å²) in [6.07, 6.45) is 0.945. The van der Waals surface area contributed by atoms with Crippen molar-refractivity contribution in [2.75, 3.05) is 5.32 Å². The van der Waals surface area contributed by atoms with Crippen LogP contribution in [0.25, 0.3) is 0 Å². The third-order valence-corrected chi connectivity index (χ3v) is 4.53. The topological polar surface area (TPSA) is 98.7 Å². The molecule has 0 aromatic heterocycles. The van der Waals surface area contributed by atoms with E-state index in [-0.39, 0.29) is 10.8 Å². The Balaban J connectivity index is 1.96. The number of amides is 1. The fourth-order valence-corrected chi connectivity index (χ4v) is 2.98. The van der Waals surface area contributed by atoms with Crippen molar-refractivity contribution >= 4 is 27.5 Å². The van der Waals surface area contributed by atoms with Crippen LogP contribution in [0.1, 0.15) is 18.9 Å². The van der Waals surface area contributed by atoms with Gasteiger partial charge in [-0.1, -0.05) is 30.3 Å². The molecule has 1 N–H and O–H groups in total. The number of anilines is 1. The van der Waals surface area contributed by atoms with Gasteiger partial charge in [0.1, 0.15) is 0 Å². The molecule has 0 atom stereocenters. The van der Waals surface area contributed by atoms with E-state index in [9.17, 15) is 18.3 Å². The molecule has 126 valence electrons. The van der Waals surface area contributed by atoms with Gasteiger partial charge in [-0.15, -0.1) is 0 Å². The summed E-state index contributed by atoms with van der Waals surface area (Å²) in [5, 5.41) is 13.5. The van der Waals surface area contributed by atoms with E-state index in [4.69, 9.17) is 0 Å². The predicted octanol–water partition coefficient (Wildman–Crippen LogP) is 1.73. The van der Waals surface area contributed by atoms with Crippen LogP contribution in [-0.4, -0.2) is 20.2 Å². The number of hydrogen-bond donors (Lipinski definition) is 1. The average Bonchev–Trinajstić information content (AvgIpc) is 2.53. The molecule has 0 spiro atoms. The molecule has 0 heterocycles. The first-order valence-electron chi connectivity index (χ1n) is 7.29. The summed E-state index contributed by atoms with van der Waals surface area (Å²) in [5.41, 5.74) is 1.55. The van der Waals surface area contributed by atoms with Crippen LogP contribution in [0.3, 0.4) is 0 Å². The summed E-state index contributed by atoms with van der Waals surface area (Å²) < 4.78 is 26.6. The lowest BCUT2D eigenvalue weighted by molar-refractivity contribution is -0.215. The summed E-state index contributed by atoms with van der Waals surface area (Å²) in [6, 6.07) is 15.2. The van der Waals surface area contributed by atoms with Gasteiger partial charge in [-0.3, -0.25) is 4.79 Å². The number of aryl methyl sites for hydroxylation is 1. The van der Waals surface area contributed by atoms with E-state index in [0.29, 0.717) is 18.5 Å². The highest BCUT2D eigenvalue weighted by molar-refractivity contribution is 7.90. The van der Waals surface area contributed by atoms with Crippen molar-refractivity contribution in [2.45, 2.75) is 24.7 Å². The number of sulfonamides is 1. The van der Waals surface area contributed by atoms with Gasteiger partial charge < -0.3 is 10.4 Å². The zero-order chi connectivity index (χ0) is 17.6. The number of nitrogens with zero attached hydrogens (tertiary/aromatic N) is 1. The first-order valence-corrected chi connectivity index (χ1v) is 8.73. The number of carbonyl (C=O) groups is 1. The van der Waals surface area contributed by atoms with Gasteiger partial charge in [0, 0.05) is 12.1 Å². The lowest BCUT2D eigenvalue weighted by atomic mass is 10.1. The Morgan fingerprint density at radius 3 is 2.29 bits per heavy atom. The Labute approximate surface area is 140 Å². The molecule has 0 aliphatic carbocycles. The predicted molar refractivity (Wildman–Crippen MR) is 90.1 cm³/mol. The van der Waals surface area contributed by atoms with Crippen LogP contribution in [0.2, 0.25) is 0 Å². The maximum atomic E-state index is 11.9. The van der Waals surface area contributed by atoms with E-state index in [2.05, 4.69) is 9.71 Å². The highest BCUT2D eigenvalue weighted by atomic mass is 32.2. The molecule has 0 saturated carbocycles. The highest BCUT2D eigenvalue weighted by Gasteiger charge is 2.11. The molecule has 2 aromatic rings. The number of carbonyl (C=O) groups excluding carboxylic acids is 1. The second kappa shape index (κ2) is 7.74. The van der Waals surface area contributed by atoms with Gasteiger partial charge in [0.25, 0.3) is 10.0 Å². The molecule has 0 fully saturated rings. The van der Waals surface area contributed by atoms with Gasteiger partial charge in [0.2, 0.25) is 5.91 Å². The third-order valence-electron chi connectivity index (χ3n) is 3.17. The second-order valence-corrected chi connectivity index (χ2v) is 6.75. The second-order valence-electron chi connectivity index (χ2n) is 5.14. The normalized spacial score (nSPS) is 12.0. The number of hydrogen-bond acceptors (Lipinski definition) is 4. The van der Waals surface area contributed by atoms with E-state index in [1.165, 1.54) is 24.3 Å². The van der Waals surface area contributed by atoms with Crippen molar-refractivity contribution in [2.24, 2.45) is 4.40 Å². The molecule has 0 aliphatic heterocycles. The van der Waals surface area contributed by atoms with Crippen molar-refractivity contribution in [1.29, 1.82) is 0 Å². The Hall–Kier alpha value is -2.67. The molecular formula is C17H17N2O4S-. The lowest BCUT2D eigenvalue weighted by Crippen LogP contribution is -2.15. The molecule has 0 radical (unpaired) electrons. The van der Waals surface area contributed by atoms with Gasteiger partial charge in [-0.2, -0.15) is 12.8 Å². The van der Waals surface area contributed by atoms with Crippen molar-refractivity contribution in [3.63, 3.8) is 0 Å². The molecule has 2 aromatic carbocycles. The van der Waals surface area contributed by atoms with E-state index in [1.807, 2.05) is 30.3 Å². The lowest BCUT2D eigenvalue weighted by Gasteiger charge is -2.07. The summed E-state index contributed by atoms with van der Waals surface area (Å²) >= 11 is 0. The number of rotatable bonds is 6. The molecule has 2 rings (SSSR count). The molecular weight excluding hydrogens is 328 g/mol. The number of nitrogens with one attached hydrogen (secondary N) is 1. The van der Waals surface area contributed by atoms with Crippen LogP contribution in [0, 0.1) is 0 Å². The van der Waals surface area contributed by atoms with Gasteiger partial charge in [0.05, 0.1) is 4.90 Å². The Morgan fingerprint density at radius 2 is 1.71 bits per heavy atom. The maximum absolute atomic E-state index is 11.9. The standard InChI is InChI=1S/C17H18N2O4S/c1-13(20)19-24(22,23)16-10-8-15(9-11-16)18-17(21)12-7-14-5-3-2-4-6-14/h2-6,8-11H,7,12H2,1H3,(H,18,21)(H,19,20)/p-1. The Kier molecular flexibility index (Phi) is 5.70. The molecule has 1 amide bonds. The van der Waals surface area contributed by atoms with Gasteiger partial charge in [0.15, 0.2) is 0 Å². The Bertz CT molecular complexity index is 825. The summed E-state index contributed by atoms with van der Waals surface area (Å²) in [6.45, 7) is 1.07. The van der Waals surface area contributed by atoms with E-state index < -0.39 is 15.9 Å². The van der Waals surface area contributed by atoms with Crippen LogP contribution in [0.15, 0.2) is 63.9 Å². The van der Waals surface area contributed by atoms with Crippen molar-refractivity contribution in [1.82, 2.24) is 0 Å². The number of benzene rings is 2. The SMILES string of the molecule is CC([O-])=NS(=O)(=O)c1ccc(NC(=O)CCc2ccccc2)cc1. The smallest absolute Gasteiger partial charge is 0.281 e. The summed E-state index contributed by atoms with van der Waals surface area (Å²) in [5.74, 6) is -0.948. The minimum atomic E-state index is -3.99. The molecule has 0 aliphatic rings. The molecule has 0 bridgehead atoms. The highest BCUT2D eigenvalue weighted by Crippen LogP contribution is 2.16. The summed E-state index contributed by atoms with van der Waals surface area (Å²) in [7, 11) is -3.99. The first-order chi connectivity index (χ1) is 11.4. The van der Waals surface area contributed by atoms with Crippen molar-refractivity contribution < 1.29 is 18.3 Å². The fourth-order valence-electron chi connectivity index (χ4n) is 2.06. The van der Waals surface area contributed by atoms with Crippen LogP contribution in [0.4, 0.5) is 5.69 Å². The van der Waals surface area contributed by atoms with Gasteiger partial charge in [-0.05, 0) is 49.1 Å². The van der Waals surface area contributed by atoms with Gasteiger partial charge in [-0.25, -0.2) is 0 Å². The largest absolute Gasteiger partial charge is 0.861 e. The zero-order valence-corrected chi connectivity index (χ0v) is 13.9. The van der Waals surface area contributed by atoms with Crippen molar-refractivity contribution in [3.8, 4) is 0 Å². The van der Waals surface area contributed by atoms with Crippen LogP contribution in [-0.2, 0) is 21.2 Å². The zero-order valence-electron chi connectivity index (χ0n) is 13.1. The van der Waals surface area contributed by atoms with E-state index in [1.54, 1.807) is 0 Å². The Morgan fingerprint density at radius 1 is 1.08 bits per heavy atom. The molecule has 24 heavy (non-hydrogen) atoms. The van der Waals surface area contributed by atoms with E-state index in [0.717, 1.165) is 12.5 Å². The maximum Gasteiger partial charge on any atom is 0.281 e.